The molecule has 0 bridgehead atoms. The minimum absolute atomic E-state index is 0.535. The smallest absolute Gasteiger partial charge is 0.0601 e. The molecule has 0 aromatic heterocycles. The lowest BCUT2D eigenvalue weighted by atomic mass is 9.90. The summed E-state index contributed by atoms with van der Waals surface area (Å²) in [5, 5.41) is 3.19. The van der Waals surface area contributed by atoms with Gasteiger partial charge in [-0.15, -0.1) is 0 Å². The average Bonchev–Trinajstić information content (AvgIpc) is 1.65. The fraction of sp³-hybridized carbons (Fsp3) is 1.00. The highest BCUT2D eigenvalue weighted by molar-refractivity contribution is 4.84. The first-order valence-corrected chi connectivity index (χ1v) is 3.07. The van der Waals surface area contributed by atoms with E-state index in [1.807, 2.05) is 7.05 Å². The first-order valence-electron chi connectivity index (χ1n) is 3.07. The van der Waals surface area contributed by atoms with E-state index in [1.165, 1.54) is 12.8 Å². The second kappa shape index (κ2) is 2.46. The standard InChI is InChI=1S/C6H13NO/c1-7-5-3-6(4-5)8-2/h5-7H,3-4H2,1-2H3/t5-,6+. The van der Waals surface area contributed by atoms with Crippen molar-refractivity contribution in [3.05, 3.63) is 0 Å². The molecular weight excluding hydrogens is 102 g/mol. The van der Waals surface area contributed by atoms with Crippen molar-refractivity contribution in [2.45, 2.75) is 25.0 Å². The van der Waals surface area contributed by atoms with Crippen LogP contribution in [0.15, 0.2) is 0 Å². The van der Waals surface area contributed by atoms with E-state index in [0.717, 1.165) is 6.04 Å². The Labute approximate surface area is 50.2 Å². The fourth-order valence-electron chi connectivity index (χ4n) is 0.994. The summed E-state index contributed by atoms with van der Waals surface area (Å²) >= 11 is 0. The van der Waals surface area contributed by atoms with Crippen LogP contribution in [0.5, 0.6) is 0 Å². The molecule has 8 heavy (non-hydrogen) atoms. The van der Waals surface area contributed by atoms with Gasteiger partial charge in [0, 0.05) is 13.2 Å². The van der Waals surface area contributed by atoms with E-state index in [2.05, 4.69) is 5.32 Å². The maximum Gasteiger partial charge on any atom is 0.0601 e. The molecule has 0 atom stereocenters. The maximum atomic E-state index is 5.08. The Hall–Kier alpha value is -0.0800. The lowest BCUT2D eigenvalue weighted by molar-refractivity contribution is 0.0196. The van der Waals surface area contributed by atoms with Gasteiger partial charge in [0.05, 0.1) is 6.10 Å². The molecule has 0 aromatic rings. The van der Waals surface area contributed by atoms with E-state index in [-0.39, 0.29) is 0 Å². The highest BCUT2D eigenvalue weighted by Gasteiger charge is 2.26. The van der Waals surface area contributed by atoms with Gasteiger partial charge >= 0.3 is 0 Å². The zero-order valence-electron chi connectivity index (χ0n) is 5.48. The molecule has 0 heterocycles. The Morgan fingerprint density at radius 1 is 1.50 bits per heavy atom. The molecule has 2 nitrogen and oxygen atoms in total. The number of ether oxygens (including phenoxy) is 1. The van der Waals surface area contributed by atoms with Crippen molar-refractivity contribution in [2.24, 2.45) is 0 Å². The summed E-state index contributed by atoms with van der Waals surface area (Å²) in [5.41, 5.74) is 0. The molecule has 0 saturated heterocycles. The van der Waals surface area contributed by atoms with Crippen LogP contribution in [0, 0.1) is 0 Å². The Kier molecular flexibility index (Phi) is 1.86. The topological polar surface area (TPSA) is 21.3 Å². The van der Waals surface area contributed by atoms with Gasteiger partial charge in [-0.05, 0) is 19.9 Å². The molecule has 0 aliphatic heterocycles. The lowest BCUT2D eigenvalue weighted by Gasteiger charge is -2.33. The molecule has 1 fully saturated rings. The van der Waals surface area contributed by atoms with E-state index in [4.69, 9.17) is 4.74 Å². The third-order valence-electron chi connectivity index (χ3n) is 1.84. The summed E-state index contributed by atoms with van der Waals surface area (Å²) < 4.78 is 5.08. The van der Waals surface area contributed by atoms with Gasteiger partial charge in [-0.3, -0.25) is 0 Å². The normalized spacial score (nSPS) is 36.8. The Bertz CT molecular complexity index is 60.9. The van der Waals surface area contributed by atoms with Crippen molar-refractivity contribution < 1.29 is 4.74 Å². The molecule has 1 aliphatic carbocycles. The van der Waals surface area contributed by atoms with Crippen LogP contribution in [0.2, 0.25) is 0 Å². The zero-order valence-corrected chi connectivity index (χ0v) is 5.48. The largest absolute Gasteiger partial charge is 0.381 e. The number of hydrogen-bond donors (Lipinski definition) is 1. The molecule has 0 radical (unpaired) electrons. The first-order chi connectivity index (χ1) is 3.86. The van der Waals surface area contributed by atoms with Crippen LogP contribution in [-0.2, 0) is 4.74 Å². The van der Waals surface area contributed by atoms with Gasteiger partial charge < -0.3 is 10.1 Å². The van der Waals surface area contributed by atoms with E-state index < -0.39 is 0 Å². The zero-order chi connectivity index (χ0) is 5.98. The molecule has 2 heteroatoms. The summed E-state index contributed by atoms with van der Waals surface area (Å²) in [6.07, 6.45) is 2.91. The van der Waals surface area contributed by atoms with Gasteiger partial charge in [-0.1, -0.05) is 0 Å². The van der Waals surface area contributed by atoms with Crippen molar-refractivity contribution in [1.82, 2.24) is 5.32 Å². The molecule has 1 aliphatic rings. The maximum absolute atomic E-state index is 5.08. The second-order valence-electron chi connectivity index (χ2n) is 2.31. The molecule has 48 valence electrons. The first kappa shape index (κ1) is 6.05. The Morgan fingerprint density at radius 3 is 2.50 bits per heavy atom. The highest BCUT2D eigenvalue weighted by atomic mass is 16.5. The SMILES string of the molecule is CN[C@H]1C[C@@H](OC)C1. The molecular formula is C6H13NO. The van der Waals surface area contributed by atoms with Crippen LogP contribution in [0.3, 0.4) is 0 Å². The number of rotatable bonds is 2. The van der Waals surface area contributed by atoms with Gasteiger partial charge in [0.2, 0.25) is 0 Å². The van der Waals surface area contributed by atoms with Crippen LogP contribution in [0.1, 0.15) is 12.8 Å². The summed E-state index contributed by atoms with van der Waals surface area (Å²) in [5.74, 6) is 0. The summed E-state index contributed by atoms with van der Waals surface area (Å²) in [6, 6.07) is 0.722. The van der Waals surface area contributed by atoms with Crippen LogP contribution in [0.25, 0.3) is 0 Å². The van der Waals surface area contributed by atoms with Crippen molar-refractivity contribution in [2.75, 3.05) is 14.2 Å². The van der Waals surface area contributed by atoms with E-state index >= 15 is 0 Å². The Morgan fingerprint density at radius 2 is 2.12 bits per heavy atom. The van der Waals surface area contributed by atoms with Crippen LogP contribution in [-0.4, -0.2) is 26.3 Å². The quantitative estimate of drug-likeness (QED) is 0.562. The lowest BCUT2D eigenvalue weighted by Crippen LogP contribution is -2.43. The monoisotopic (exact) mass is 115 g/mol. The van der Waals surface area contributed by atoms with Crippen LogP contribution >= 0.6 is 0 Å². The van der Waals surface area contributed by atoms with Gasteiger partial charge in [0.15, 0.2) is 0 Å². The van der Waals surface area contributed by atoms with Crippen molar-refractivity contribution in [1.29, 1.82) is 0 Å². The summed E-state index contributed by atoms with van der Waals surface area (Å²) in [7, 11) is 3.77. The predicted octanol–water partition coefficient (Wildman–Crippen LogP) is 0.383. The molecule has 0 aromatic carbocycles. The van der Waals surface area contributed by atoms with Gasteiger partial charge in [0.1, 0.15) is 0 Å². The minimum Gasteiger partial charge on any atom is -0.381 e. The van der Waals surface area contributed by atoms with Crippen molar-refractivity contribution in [3.8, 4) is 0 Å². The predicted molar refractivity (Wildman–Crippen MR) is 32.9 cm³/mol. The Balaban J connectivity index is 2.03. The third-order valence-corrected chi connectivity index (χ3v) is 1.84. The van der Waals surface area contributed by atoms with Crippen LogP contribution < -0.4 is 5.32 Å². The molecule has 1 saturated carbocycles. The molecule has 1 rings (SSSR count). The number of hydrogen-bond acceptors (Lipinski definition) is 2. The average molecular weight is 115 g/mol. The summed E-state index contributed by atoms with van der Waals surface area (Å²) in [6.45, 7) is 0. The van der Waals surface area contributed by atoms with E-state index in [1.54, 1.807) is 7.11 Å². The molecule has 1 N–H and O–H groups in total. The van der Waals surface area contributed by atoms with E-state index in [0.29, 0.717) is 6.10 Å². The van der Waals surface area contributed by atoms with E-state index in [9.17, 15) is 0 Å². The van der Waals surface area contributed by atoms with Gasteiger partial charge in [-0.2, -0.15) is 0 Å². The van der Waals surface area contributed by atoms with Gasteiger partial charge in [0.25, 0.3) is 0 Å². The molecule has 0 unspecified atom stereocenters. The highest BCUT2D eigenvalue weighted by Crippen LogP contribution is 2.21. The molecule has 0 spiro atoms. The van der Waals surface area contributed by atoms with Crippen molar-refractivity contribution in [3.63, 3.8) is 0 Å². The number of methoxy groups -OCH3 is 1. The minimum atomic E-state index is 0.535. The van der Waals surface area contributed by atoms with Gasteiger partial charge in [-0.25, -0.2) is 0 Å². The third kappa shape index (κ3) is 1.01. The van der Waals surface area contributed by atoms with Crippen LogP contribution in [0.4, 0.5) is 0 Å². The second-order valence-corrected chi connectivity index (χ2v) is 2.31. The fourth-order valence-corrected chi connectivity index (χ4v) is 0.994. The van der Waals surface area contributed by atoms with Crippen molar-refractivity contribution >= 4 is 0 Å². The molecule has 0 amide bonds. The number of nitrogens with one attached hydrogen (secondary N) is 1. The summed E-state index contributed by atoms with van der Waals surface area (Å²) in [4.78, 5) is 0.